The molecule has 0 spiro atoms. The number of aromatic nitrogens is 2. The second kappa shape index (κ2) is 7.15. The van der Waals surface area contributed by atoms with Gasteiger partial charge in [0.25, 0.3) is 5.91 Å². The Hall–Kier alpha value is -1.89. The van der Waals surface area contributed by atoms with Crippen LogP contribution in [-0.2, 0) is 11.3 Å². The first-order chi connectivity index (χ1) is 12.0. The van der Waals surface area contributed by atoms with Crippen LogP contribution in [-0.4, -0.2) is 45.0 Å². The van der Waals surface area contributed by atoms with Crippen LogP contribution < -0.4 is 10.6 Å². The van der Waals surface area contributed by atoms with Gasteiger partial charge in [-0.05, 0) is 52.1 Å². The molecule has 0 radical (unpaired) electrons. The van der Waals surface area contributed by atoms with E-state index >= 15 is 0 Å². The van der Waals surface area contributed by atoms with Crippen molar-refractivity contribution in [2.75, 3.05) is 13.1 Å². The molecule has 7 heteroatoms. The Kier molecular flexibility index (Phi) is 5.13. The molecule has 2 fully saturated rings. The van der Waals surface area contributed by atoms with Crippen molar-refractivity contribution >= 4 is 11.9 Å². The molecule has 0 bridgehead atoms. The maximum Gasteiger partial charge on any atom is 0.322 e. The maximum absolute atomic E-state index is 12.4. The number of nitrogens with one attached hydrogen (secondary N) is 2. The number of carbonyl (C=O) groups excluding carboxylic acids is 2. The first-order valence-corrected chi connectivity index (χ1v) is 9.34. The van der Waals surface area contributed by atoms with E-state index in [9.17, 15) is 9.59 Å². The van der Waals surface area contributed by atoms with Crippen molar-refractivity contribution in [1.82, 2.24) is 25.1 Å². The molecule has 25 heavy (non-hydrogen) atoms. The zero-order chi connectivity index (χ0) is 18.0. The van der Waals surface area contributed by atoms with Crippen molar-refractivity contribution in [3.8, 4) is 0 Å². The number of urea groups is 1. The summed E-state index contributed by atoms with van der Waals surface area (Å²) in [5.74, 6) is 1.14. The third-order valence-corrected chi connectivity index (χ3v) is 5.57. The SMILES string of the molecule is CCC[C@@]1(C2CCN(Cc3nccn3C(C)C)CC2)NC(=O)NC1=O. The van der Waals surface area contributed by atoms with Gasteiger partial charge in [0, 0.05) is 18.4 Å². The average molecular weight is 347 g/mol. The number of carbonyl (C=O) groups is 2. The fourth-order valence-electron chi connectivity index (χ4n) is 4.29. The summed E-state index contributed by atoms with van der Waals surface area (Å²) in [4.78, 5) is 31.0. The summed E-state index contributed by atoms with van der Waals surface area (Å²) in [7, 11) is 0. The lowest BCUT2D eigenvalue weighted by atomic mass is 9.75. The van der Waals surface area contributed by atoms with Crippen molar-refractivity contribution in [3.05, 3.63) is 18.2 Å². The minimum Gasteiger partial charge on any atom is -0.331 e. The number of piperidine rings is 1. The second-order valence-corrected chi connectivity index (χ2v) is 7.52. The largest absolute Gasteiger partial charge is 0.331 e. The summed E-state index contributed by atoms with van der Waals surface area (Å²) in [5, 5.41) is 5.38. The number of nitrogens with zero attached hydrogens (tertiary/aromatic N) is 3. The Morgan fingerprint density at radius 3 is 2.60 bits per heavy atom. The van der Waals surface area contributed by atoms with E-state index in [4.69, 9.17) is 0 Å². The minimum absolute atomic E-state index is 0.145. The minimum atomic E-state index is -0.714. The molecule has 3 heterocycles. The number of imidazole rings is 1. The standard InChI is InChI=1S/C18H29N5O2/c1-4-7-18(16(24)20-17(25)21-18)14-5-9-22(10-6-14)12-15-19-8-11-23(15)13(2)3/h8,11,13-14H,4-7,9-10,12H2,1-3H3,(H2,20,21,24,25)/t18-/m0/s1. The van der Waals surface area contributed by atoms with Gasteiger partial charge in [-0.3, -0.25) is 15.0 Å². The second-order valence-electron chi connectivity index (χ2n) is 7.52. The highest BCUT2D eigenvalue weighted by Gasteiger charge is 2.51. The van der Waals surface area contributed by atoms with E-state index in [1.54, 1.807) is 0 Å². The van der Waals surface area contributed by atoms with Crippen LogP contribution in [0.3, 0.4) is 0 Å². The van der Waals surface area contributed by atoms with Crippen molar-refractivity contribution in [2.24, 2.45) is 5.92 Å². The number of imide groups is 1. The molecule has 2 aliphatic heterocycles. The van der Waals surface area contributed by atoms with E-state index in [0.29, 0.717) is 12.5 Å². The number of amides is 3. The van der Waals surface area contributed by atoms with Gasteiger partial charge in [0.1, 0.15) is 11.4 Å². The van der Waals surface area contributed by atoms with Crippen LogP contribution >= 0.6 is 0 Å². The number of rotatable bonds is 6. The van der Waals surface area contributed by atoms with Gasteiger partial charge in [-0.15, -0.1) is 0 Å². The predicted molar refractivity (Wildman–Crippen MR) is 94.9 cm³/mol. The topological polar surface area (TPSA) is 79.3 Å². The van der Waals surface area contributed by atoms with Gasteiger partial charge in [0.15, 0.2) is 0 Å². The first-order valence-electron chi connectivity index (χ1n) is 9.34. The Morgan fingerprint density at radius 2 is 2.04 bits per heavy atom. The fourth-order valence-corrected chi connectivity index (χ4v) is 4.29. The lowest BCUT2D eigenvalue weighted by Gasteiger charge is -2.40. The molecule has 138 valence electrons. The van der Waals surface area contributed by atoms with Gasteiger partial charge in [-0.2, -0.15) is 0 Å². The molecular weight excluding hydrogens is 318 g/mol. The summed E-state index contributed by atoms with van der Waals surface area (Å²) in [6.07, 6.45) is 7.29. The van der Waals surface area contributed by atoms with E-state index in [0.717, 1.165) is 44.7 Å². The summed E-state index contributed by atoms with van der Waals surface area (Å²) in [5.41, 5.74) is -0.714. The normalized spacial score (nSPS) is 25.4. The van der Waals surface area contributed by atoms with Crippen LogP contribution in [0.1, 0.15) is 58.3 Å². The Morgan fingerprint density at radius 1 is 1.32 bits per heavy atom. The van der Waals surface area contributed by atoms with Crippen LogP contribution in [0, 0.1) is 5.92 Å². The highest BCUT2D eigenvalue weighted by molar-refractivity contribution is 6.07. The van der Waals surface area contributed by atoms with Crippen molar-refractivity contribution in [2.45, 2.75) is 64.6 Å². The highest BCUT2D eigenvalue weighted by atomic mass is 16.2. The maximum atomic E-state index is 12.4. The first kappa shape index (κ1) is 17.9. The van der Waals surface area contributed by atoms with Gasteiger partial charge < -0.3 is 9.88 Å². The zero-order valence-corrected chi connectivity index (χ0v) is 15.4. The molecule has 0 saturated carbocycles. The molecule has 1 atom stereocenters. The fraction of sp³-hybridized carbons (Fsp3) is 0.722. The molecule has 0 aromatic carbocycles. The van der Waals surface area contributed by atoms with Crippen LogP contribution in [0.2, 0.25) is 0 Å². The molecule has 2 aliphatic rings. The number of hydrogen-bond donors (Lipinski definition) is 2. The van der Waals surface area contributed by atoms with E-state index < -0.39 is 5.54 Å². The van der Waals surface area contributed by atoms with Gasteiger partial charge in [0.05, 0.1) is 6.54 Å². The van der Waals surface area contributed by atoms with Crippen LogP contribution in [0.4, 0.5) is 4.79 Å². The molecule has 3 rings (SSSR count). The summed E-state index contributed by atoms with van der Waals surface area (Å²) < 4.78 is 2.20. The highest BCUT2D eigenvalue weighted by Crippen LogP contribution is 2.34. The van der Waals surface area contributed by atoms with Gasteiger partial charge in [0.2, 0.25) is 0 Å². The van der Waals surface area contributed by atoms with E-state index in [-0.39, 0.29) is 17.9 Å². The van der Waals surface area contributed by atoms with Gasteiger partial charge >= 0.3 is 6.03 Å². The Labute approximate surface area is 149 Å². The van der Waals surface area contributed by atoms with E-state index in [1.807, 2.05) is 12.4 Å². The van der Waals surface area contributed by atoms with Gasteiger partial charge in [-0.25, -0.2) is 9.78 Å². The van der Waals surface area contributed by atoms with Crippen molar-refractivity contribution in [1.29, 1.82) is 0 Å². The quantitative estimate of drug-likeness (QED) is 0.772. The smallest absolute Gasteiger partial charge is 0.322 e. The van der Waals surface area contributed by atoms with Gasteiger partial charge in [-0.1, -0.05) is 13.3 Å². The van der Waals surface area contributed by atoms with Crippen molar-refractivity contribution < 1.29 is 9.59 Å². The molecule has 0 unspecified atom stereocenters. The molecule has 2 saturated heterocycles. The third kappa shape index (κ3) is 3.42. The Bertz CT molecular complexity index is 633. The summed E-state index contributed by atoms with van der Waals surface area (Å²) in [6, 6.07) is 0.0556. The molecule has 0 aliphatic carbocycles. The summed E-state index contributed by atoms with van der Waals surface area (Å²) in [6.45, 7) is 9.05. The Balaban J connectivity index is 1.64. The molecule has 1 aromatic heterocycles. The molecule has 7 nitrogen and oxygen atoms in total. The molecular formula is C18H29N5O2. The molecule has 1 aromatic rings. The number of hydrogen-bond acceptors (Lipinski definition) is 4. The predicted octanol–water partition coefficient (Wildman–Crippen LogP) is 2.05. The van der Waals surface area contributed by atoms with Crippen LogP contribution in [0.5, 0.6) is 0 Å². The lowest BCUT2D eigenvalue weighted by molar-refractivity contribution is -0.127. The van der Waals surface area contributed by atoms with E-state index in [1.165, 1.54) is 0 Å². The van der Waals surface area contributed by atoms with Crippen molar-refractivity contribution in [3.63, 3.8) is 0 Å². The summed E-state index contributed by atoms with van der Waals surface area (Å²) >= 11 is 0. The number of likely N-dealkylation sites (tertiary alicyclic amines) is 1. The third-order valence-electron chi connectivity index (χ3n) is 5.57. The zero-order valence-electron chi connectivity index (χ0n) is 15.4. The molecule has 2 N–H and O–H groups in total. The monoisotopic (exact) mass is 347 g/mol. The molecule has 3 amide bonds. The average Bonchev–Trinajstić information content (AvgIpc) is 3.13. The van der Waals surface area contributed by atoms with Crippen LogP contribution in [0.15, 0.2) is 12.4 Å². The van der Waals surface area contributed by atoms with Crippen LogP contribution in [0.25, 0.3) is 0 Å². The lowest BCUT2D eigenvalue weighted by Crippen LogP contribution is -2.55. The van der Waals surface area contributed by atoms with E-state index in [2.05, 4.69) is 45.9 Å².